The minimum absolute atomic E-state index is 0.0499. The molecule has 1 N–H and O–H groups in total. The highest BCUT2D eigenvalue weighted by Gasteiger charge is 2.27. The summed E-state index contributed by atoms with van der Waals surface area (Å²) in [5.41, 5.74) is 3.83. The van der Waals surface area contributed by atoms with Gasteiger partial charge in [-0.25, -0.2) is 18.6 Å². The first kappa shape index (κ1) is 31.4. The quantitative estimate of drug-likeness (QED) is 0.0886. The largest absolute Gasteiger partial charge is 0.494 e. The van der Waals surface area contributed by atoms with Gasteiger partial charge in [-0.15, -0.1) is 11.8 Å². The fraction of sp³-hybridized carbons (Fsp3) is 0.194. The average molecular weight is 622 g/mol. The number of amides is 1. The first-order chi connectivity index (χ1) is 20.7. The third kappa shape index (κ3) is 8.05. The molecule has 0 aliphatic rings. The maximum atomic E-state index is 13.6. The summed E-state index contributed by atoms with van der Waals surface area (Å²) in [5, 5.41) is 3.95. The van der Waals surface area contributed by atoms with Crippen LogP contribution < -0.4 is 14.5 Å². The number of carbonyl (C=O) groups is 2. The number of nitrogens with one attached hydrogen (secondary N) is 1. The molecule has 0 aliphatic heterocycles. The van der Waals surface area contributed by atoms with Gasteiger partial charge in [0.25, 0.3) is 15.9 Å². The van der Waals surface area contributed by atoms with Crippen molar-refractivity contribution in [3.8, 4) is 17.1 Å². The second kappa shape index (κ2) is 14.6. The Balaban J connectivity index is 1.47. The van der Waals surface area contributed by atoms with Crippen LogP contribution in [0.25, 0.3) is 11.3 Å². The highest BCUT2D eigenvalue weighted by atomic mass is 32.2. The number of sulfonamides is 1. The molecule has 0 fully saturated rings. The molecule has 4 rings (SSSR count). The number of furan rings is 1. The van der Waals surface area contributed by atoms with Crippen LogP contribution in [0.15, 0.2) is 104 Å². The van der Waals surface area contributed by atoms with Crippen molar-refractivity contribution in [2.24, 2.45) is 5.10 Å². The number of hydrazone groups is 1. The number of ether oxygens (including phenoxy) is 2. The number of benzene rings is 3. The van der Waals surface area contributed by atoms with Gasteiger partial charge in [-0.3, -0.25) is 9.10 Å². The first-order valence-corrected chi connectivity index (χ1v) is 16.0. The van der Waals surface area contributed by atoms with Gasteiger partial charge in [-0.1, -0.05) is 12.1 Å². The second-order valence-corrected chi connectivity index (χ2v) is 11.6. The fourth-order valence-corrected chi connectivity index (χ4v) is 5.79. The maximum absolute atomic E-state index is 13.6. The van der Waals surface area contributed by atoms with Gasteiger partial charge in [0, 0.05) is 10.5 Å². The predicted octanol–water partition coefficient (Wildman–Crippen LogP) is 5.59. The molecular formula is C31H31N3O7S2. The smallest absolute Gasteiger partial charge is 0.338 e. The summed E-state index contributed by atoms with van der Waals surface area (Å²) < 4.78 is 44.5. The Morgan fingerprint density at radius 2 is 1.63 bits per heavy atom. The molecule has 0 saturated heterocycles. The van der Waals surface area contributed by atoms with Crippen LogP contribution in [-0.2, 0) is 19.6 Å². The Morgan fingerprint density at radius 3 is 2.26 bits per heavy atom. The zero-order valence-electron chi connectivity index (χ0n) is 23.9. The number of nitrogens with zero attached hydrogens (tertiary/aromatic N) is 2. The molecule has 1 aromatic heterocycles. The molecule has 0 unspecified atom stereocenters. The van der Waals surface area contributed by atoms with Crippen LogP contribution in [0.4, 0.5) is 5.69 Å². The SMILES string of the molecule is CCOC(=O)c1ccc(-c2ccc(/C=N\NC(=O)CN(c3ccc(OCC)cc3)S(=O)(=O)c3ccc(SC)cc3)o2)cc1. The van der Waals surface area contributed by atoms with Crippen LogP contribution in [0.2, 0.25) is 0 Å². The summed E-state index contributed by atoms with van der Waals surface area (Å²) in [6.45, 7) is 3.82. The zero-order valence-corrected chi connectivity index (χ0v) is 25.5. The van der Waals surface area contributed by atoms with Crippen molar-refractivity contribution in [1.29, 1.82) is 0 Å². The summed E-state index contributed by atoms with van der Waals surface area (Å²) in [6.07, 6.45) is 3.21. The summed E-state index contributed by atoms with van der Waals surface area (Å²) in [4.78, 5) is 25.7. The number of anilines is 1. The third-order valence-corrected chi connectivity index (χ3v) is 8.59. The normalized spacial score (nSPS) is 11.3. The van der Waals surface area contributed by atoms with E-state index in [1.807, 2.05) is 13.2 Å². The summed E-state index contributed by atoms with van der Waals surface area (Å²) in [5.74, 6) is 0.406. The van der Waals surface area contributed by atoms with Gasteiger partial charge in [-0.05, 0) is 92.9 Å². The van der Waals surface area contributed by atoms with Gasteiger partial charge in [0.15, 0.2) is 0 Å². The molecule has 10 nitrogen and oxygen atoms in total. The molecule has 1 heterocycles. The van der Waals surface area contributed by atoms with Gasteiger partial charge in [0.2, 0.25) is 0 Å². The highest BCUT2D eigenvalue weighted by molar-refractivity contribution is 7.98. The van der Waals surface area contributed by atoms with Crippen LogP contribution >= 0.6 is 11.8 Å². The van der Waals surface area contributed by atoms with Crippen molar-refractivity contribution in [2.75, 3.05) is 30.3 Å². The Hall–Kier alpha value is -4.55. The fourth-order valence-electron chi connectivity index (χ4n) is 3.96. The number of hydrogen-bond acceptors (Lipinski definition) is 9. The van der Waals surface area contributed by atoms with Gasteiger partial charge < -0.3 is 13.9 Å². The number of thioether (sulfide) groups is 1. The summed E-state index contributed by atoms with van der Waals surface area (Å²) in [6, 6.07) is 23.1. The molecule has 224 valence electrons. The van der Waals surface area contributed by atoms with Crippen LogP contribution in [-0.4, -0.2) is 52.5 Å². The molecule has 0 saturated carbocycles. The second-order valence-electron chi connectivity index (χ2n) is 8.91. The molecule has 3 aromatic carbocycles. The number of rotatable bonds is 13. The van der Waals surface area contributed by atoms with Gasteiger partial charge in [0.1, 0.15) is 23.8 Å². The van der Waals surface area contributed by atoms with Crippen LogP contribution in [0, 0.1) is 0 Å². The number of esters is 1. The Kier molecular flexibility index (Phi) is 10.6. The van der Waals surface area contributed by atoms with E-state index in [9.17, 15) is 18.0 Å². The van der Waals surface area contributed by atoms with E-state index in [0.717, 1.165) is 14.8 Å². The molecule has 0 aliphatic carbocycles. The van der Waals surface area contributed by atoms with Gasteiger partial charge in [0.05, 0.1) is 35.6 Å². The highest BCUT2D eigenvalue weighted by Crippen LogP contribution is 2.27. The first-order valence-electron chi connectivity index (χ1n) is 13.3. The molecular weight excluding hydrogens is 590 g/mol. The lowest BCUT2D eigenvalue weighted by Crippen LogP contribution is -2.39. The van der Waals surface area contributed by atoms with Crippen molar-refractivity contribution < 1.29 is 31.9 Å². The zero-order chi connectivity index (χ0) is 30.8. The molecule has 12 heteroatoms. The van der Waals surface area contributed by atoms with E-state index in [4.69, 9.17) is 13.9 Å². The van der Waals surface area contributed by atoms with Crippen LogP contribution in [0.3, 0.4) is 0 Å². The standard InChI is InChI=1S/C31H31N3O7S2/c1-4-39-25-12-10-24(11-13-25)34(43(37,38)28-17-15-27(42-3)16-18-28)21-30(35)33-32-20-26-14-19-29(41-26)22-6-8-23(9-7-22)31(36)40-5-2/h6-20H,4-5,21H2,1-3H3,(H,33,35)/b32-20-. The van der Waals surface area contributed by atoms with Gasteiger partial charge >= 0.3 is 5.97 Å². The lowest BCUT2D eigenvalue weighted by atomic mass is 10.1. The van der Waals surface area contributed by atoms with E-state index in [1.54, 1.807) is 79.7 Å². The molecule has 0 bridgehead atoms. The molecule has 0 radical (unpaired) electrons. The van der Waals surface area contributed by atoms with E-state index < -0.39 is 28.4 Å². The Labute approximate surface area is 254 Å². The topological polar surface area (TPSA) is 128 Å². The van der Waals surface area contributed by atoms with E-state index in [0.29, 0.717) is 41.7 Å². The molecule has 0 atom stereocenters. The average Bonchev–Trinajstić information content (AvgIpc) is 3.49. The van der Waals surface area contributed by atoms with Crippen LogP contribution in [0.1, 0.15) is 30.0 Å². The van der Waals surface area contributed by atoms with Gasteiger partial charge in [-0.2, -0.15) is 5.10 Å². The minimum atomic E-state index is -4.09. The molecule has 43 heavy (non-hydrogen) atoms. The van der Waals surface area contributed by atoms with E-state index in [1.165, 1.54) is 30.1 Å². The lowest BCUT2D eigenvalue weighted by Gasteiger charge is -2.24. The maximum Gasteiger partial charge on any atom is 0.338 e. The Bertz CT molecular complexity index is 1670. The monoisotopic (exact) mass is 621 g/mol. The third-order valence-electron chi connectivity index (χ3n) is 6.06. The predicted molar refractivity (Wildman–Crippen MR) is 166 cm³/mol. The van der Waals surface area contributed by atoms with E-state index >= 15 is 0 Å². The summed E-state index contributed by atoms with van der Waals surface area (Å²) >= 11 is 1.49. The molecule has 1 amide bonds. The van der Waals surface area contributed by atoms with E-state index in [2.05, 4.69) is 10.5 Å². The number of carbonyl (C=O) groups excluding carboxylic acids is 2. The van der Waals surface area contributed by atoms with Crippen molar-refractivity contribution in [3.05, 3.63) is 96.3 Å². The minimum Gasteiger partial charge on any atom is -0.494 e. The van der Waals surface area contributed by atoms with Crippen molar-refractivity contribution in [1.82, 2.24) is 5.43 Å². The van der Waals surface area contributed by atoms with E-state index in [-0.39, 0.29) is 4.90 Å². The van der Waals surface area contributed by atoms with Crippen LogP contribution in [0.5, 0.6) is 5.75 Å². The van der Waals surface area contributed by atoms with Crippen molar-refractivity contribution in [3.63, 3.8) is 0 Å². The van der Waals surface area contributed by atoms with Crippen molar-refractivity contribution >= 4 is 45.6 Å². The molecule has 4 aromatic rings. The summed E-state index contributed by atoms with van der Waals surface area (Å²) in [7, 11) is -4.09. The molecule has 0 spiro atoms. The van der Waals surface area contributed by atoms with Crippen molar-refractivity contribution in [2.45, 2.75) is 23.6 Å². The Morgan fingerprint density at radius 1 is 0.930 bits per heavy atom. The lowest BCUT2D eigenvalue weighted by molar-refractivity contribution is -0.119. The number of hydrogen-bond donors (Lipinski definition) is 1.